The maximum atomic E-state index is 12.5. The zero-order chi connectivity index (χ0) is 22.1. The molecule has 3 aromatic carbocycles. The van der Waals surface area contributed by atoms with Gasteiger partial charge in [0, 0.05) is 23.4 Å². The van der Waals surface area contributed by atoms with Crippen LogP contribution in [-0.2, 0) is 6.54 Å². The van der Waals surface area contributed by atoms with Crippen molar-refractivity contribution in [3.8, 4) is 17.0 Å². The third-order valence-electron chi connectivity index (χ3n) is 5.56. The van der Waals surface area contributed by atoms with Crippen LogP contribution >= 0.6 is 0 Å². The highest BCUT2D eigenvalue weighted by Crippen LogP contribution is 2.22. The van der Waals surface area contributed by atoms with Gasteiger partial charge in [0.05, 0.1) is 12.2 Å². The average molecular weight is 425 g/mol. The number of aliphatic hydroxyl groups excluding tert-OH is 1. The Morgan fingerprint density at radius 1 is 0.938 bits per heavy atom. The predicted octanol–water partition coefficient (Wildman–Crippen LogP) is 4.06. The Morgan fingerprint density at radius 3 is 2.50 bits per heavy atom. The van der Waals surface area contributed by atoms with Crippen molar-refractivity contribution in [2.45, 2.75) is 19.6 Å². The minimum absolute atomic E-state index is 0.135. The summed E-state index contributed by atoms with van der Waals surface area (Å²) in [5.74, 6) is 0.709. The van der Waals surface area contributed by atoms with Crippen molar-refractivity contribution in [2.75, 3.05) is 6.61 Å². The van der Waals surface area contributed by atoms with Gasteiger partial charge in [-0.2, -0.15) is 9.61 Å². The fraction of sp³-hybridized carbons (Fsp3) is 0.154. The molecular weight excluding hydrogens is 402 g/mol. The van der Waals surface area contributed by atoms with Crippen molar-refractivity contribution < 1.29 is 9.84 Å². The second kappa shape index (κ2) is 8.32. The summed E-state index contributed by atoms with van der Waals surface area (Å²) in [5, 5.41) is 17.4. The summed E-state index contributed by atoms with van der Waals surface area (Å²) in [4.78, 5) is 12.5. The highest BCUT2D eigenvalue weighted by Gasteiger charge is 2.15. The Balaban J connectivity index is 1.38. The molecule has 0 radical (unpaired) electrons. The molecule has 160 valence electrons. The van der Waals surface area contributed by atoms with E-state index in [1.54, 1.807) is 0 Å². The molecule has 6 nitrogen and oxygen atoms in total. The Bertz CT molecular complexity index is 1450. The third-order valence-corrected chi connectivity index (χ3v) is 5.56. The van der Waals surface area contributed by atoms with Crippen LogP contribution in [0.3, 0.4) is 0 Å². The van der Waals surface area contributed by atoms with Crippen molar-refractivity contribution in [1.82, 2.24) is 14.2 Å². The lowest BCUT2D eigenvalue weighted by Crippen LogP contribution is -2.27. The highest BCUT2D eigenvalue weighted by molar-refractivity contribution is 5.83. The number of aliphatic hydroxyl groups is 1. The van der Waals surface area contributed by atoms with Gasteiger partial charge >= 0.3 is 0 Å². The van der Waals surface area contributed by atoms with Gasteiger partial charge in [-0.3, -0.25) is 4.79 Å². The first-order valence-electron chi connectivity index (χ1n) is 10.5. The average Bonchev–Trinajstić information content (AvgIpc) is 3.27. The number of benzene rings is 3. The first-order valence-corrected chi connectivity index (χ1v) is 10.5. The first-order chi connectivity index (χ1) is 15.6. The van der Waals surface area contributed by atoms with E-state index in [1.165, 1.54) is 10.6 Å². The molecule has 0 fully saturated rings. The van der Waals surface area contributed by atoms with Crippen LogP contribution in [0.25, 0.3) is 27.7 Å². The van der Waals surface area contributed by atoms with Gasteiger partial charge in [0.15, 0.2) is 0 Å². The van der Waals surface area contributed by atoms with Gasteiger partial charge in [-0.1, -0.05) is 60.7 Å². The van der Waals surface area contributed by atoms with E-state index in [4.69, 9.17) is 4.74 Å². The molecule has 1 unspecified atom stereocenters. The molecule has 5 rings (SSSR count). The molecule has 2 aromatic heterocycles. The van der Waals surface area contributed by atoms with Crippen LogP contribution in [0.2, 0.25) is 0 Å². The lowest BCUT2D eigenvalue weighted by atomic mass is 10.1. The number of ether oxygens (including phenoxy) is 1. The Hall–Kier alpha value is -3.90. The molecule has 0 bridgehead atoms. The fourth-order valence-corrected chi connectivity index (χ4v) is 3.92. The minimum Gasteiger partial charge on any atom is -0.491 e. The largest absolute Gasteiger partial charge is 0.491 e. The number of hydrogen-bond acceptors (Lipinski definition) is 4. The van der Waals surface area contributed by atoms with Gasteiger partial charge in [-0.25, -0.2) is 0 Å². The van der Waals surface area contributed by atoms with Gasteiger partial charge < -0.3 is 14.4 Å². The van der Waals surface area contributed by atoms with E-state index in [1.807, 2.05) is 90.4 Å². The minimum atomic E-state index is -0.762. The molecule has 0 amide bonds. The second-order valence-electron chi connectivity index (χ2n) is 7.87. The normalized spacial score (nSPS) is 12.3. The zero-order valence-electron chi connectivity index (χ0n) is 17.7. The summed E-state index contributed by atoms with van der Waals surface area (Å²) in [5.41, 5.74) is 2.84. The fourth-order valence-electron chi connectivity index (χ4n) is 3.92. The monoisotopic (exact) mass is 425 g/mol. The summed E-state index contributed by atoms with van der Waals surface area (Å²) < 4.78 is 9.13. The first kappa shape index (κ1) is 20.0. The SMILES string of the molecule is Cc1cc(=O)n2nc(-c3ccccc3)cc2n1CC(O)COc1ccc2ccccc2c1. The quantitative estimate of drug-likeness (QED) is 0.445. The summed E-state index contributed by atoms with van der Waals surface area (Å²) in [6.45, 7) is 2.27. The topological polar surface area (TPSA) is 68.8 Å². The van der Waals surface area contributed by atoms with E-state index in [-0.39, 0.29) is 18.7 Å². The Kier molecular flexibility index (Phi) is 5.21. The molecule has 0 spiro atoms. The van der Waals surface area contributed by atoms with Crippen LogP contribution in [0, 0.1) is 6.92 Å². The molecule has 2 heterocycles. The van der Waals surface area contributed by atoms with E-state index in [0.29, 0.717) is 17.1 Å². The van der Waals surface area contributed by atoms with E-state index in [0.717, 1.165) is 22.0 Å². The van der Waals surface area contributed by atoms with Crippen LogP contribution in [-0.4, -0.2) is 32.0 Å². The smallest absolute Gasteiger partial charge is 0.274 e. The van der Waals surface area contributed by atoms with Crippen molar-refractivity contribution in [3.05, 3.63) is 101 Å². The predicted molar refractivity (Wildman–Crippen MR) is 125 cm³/mol. The number of aromatic nitrogens is 3. The van der Waals surface area contributed by atoms with Crippen LogP contribution in [0.15, 0.2) is 89.7 Å². The lowest BCUT2D eigenvalue weighted by Gasteiger charge is -2.17. The van der Waals surface area contributed by atoms with Crippen molar-refractivity contribution in [1.29, 1.82) is 0 Å². The number of hydrogen-bond donors (Lipinski definition) is 1. The van der Waals surface area contributed by atoms with E-state index in [9.17, 15) is 9.90 Å². The van der Waals surface area contributed by atoms with Crippen molar-refractivity contribution in [2.24, 2.45) is 0 Å². The third kappa shape index (κ3) is 3.88. The standard InChI is InChI=1S/C26H23N3O3/c1-18-13-26(31)29-25(15-24(27-29)20-8-3-2-4-9-20)28(18)16-22(30)17-32-23-12-11-19-7-5-6-10-21(19)14-23/h2-15,22,30H,16-17H2,1H3. The molecule has 0 saturated heterocycles. The Morgan fingerprint density at radius 2 is 1.69 bits per heavy atom. The molecule has 1 atom stereocenters. The molecule has 0 aliphatic heterocycles. The molecule has 5 aromatic rings. The van der Waals surface area contributed by atoms with Crippen LogP contribution < -0.4 is 10.3 Å². The molecule has 6 heteroatoms. The maximum absolute atomic E-state index is 12.5. The molecule has 0 saturated carbocycles. The second-order valence-corrected chi connectivity index (χ2v) is 7.87. The van der Waals surface area contributed by atoms with E-state index >= 15 is 0 Å². The molecule has 0 aliphatic carbocycles. The van der Waals surface area contributed by atoms with E-state index < -0.39 is 6.10 Å². The van der Waals surface area contributed by atoms with Gasteiger partial charge in [0.2, 0.25) is 0 Å². The highest BCUT2D eigenvalue weighted by atomic mass is 16.5. The summed E-state index contributed by atoms with van der Waals surface area (Å²) in [6.07, 6.45) is -0.762. The van der Waals surface area contributed by atoms with Gasteiger partial charge in [-0.05, 0) is 29.8 Å². The lowest BCUT2D eigenvalue weighted by molar-refractivity contribution is 0.0927. The number of rotatable bonds is 6. The van der Waals surface area contributed by atoms with Crippen LogP contribution in [0.1, 0.15) is 5.69 Å². The molecule has 0 aliphatic rings. The zero-order valence-corrected chi connectivity index (χ0v) is 17.7. The van der Waals surface area contributed by atoms with Gasteiger partial charge in [-0.15, -0.1) is 0 Å². The molecule has 32 heavy (non-hydrogen) atoms. The van der Waals surface area contributed by atoms with Crippen LogP contribution in [0.5, 0.6) is 5.75 Å². The van der Waals surface area contributed by atoms with Crippen molar-refractivity contribution >= 4 is 16.4 Å². The summed E-state index contributed by atoms with van der Waals surface area (Å²) >= 11 is 0. The number of aryl methyl sites for hydroxylation is 1. The summed E-state index contributed by atoms with van der Waals surface area (Å²) in [6, 6.07) is 27.1. The number of fused-ring (bicyclic) bond motifs is 2. The van der Waals surface area contributed by atoms with E-state index in [2.05, 4.69) is 5.10 Å². The molecular formula is C26H23N3O3. The number of nitrogens with zero attached hydrogens (tertiary/aromatic N) is 3. The maximum Gasteiger partial charge on any atom is 0.274 e. The van der Waals surface area contributed by atoms with Gasteiger partial charge in [0.1, 0.15) is 24.1 Å². The van der Waals surface area contributed by atoms with Crippen molar-refractivity contribution in [3.63, 3.8) is 0 Å². The van der Waals surface area contributed by atoms with Crippen LogP contribution in [0.4, 0.5) is 0 Å². The van der Waals surface area contributed by atoms with Gasteiger partial charge in [0.25, 0.3) is 5.56 Å². The Labute approximate surface area is 184 Å². The summed E-state index contributed by atoms with van der Waals surface area (Å²) in [7, 11) is 0. The molecule has 1 N–H and O–H groups in total.